The molecule has 1 aromatic rings. The van der Waals surface area contributed by atoms with Crippen LogP contribution in [-0.4, -0.2) is 21.8 Å². The van der Waals surface area contributed by atoms with Crippen molar-refractivity contribution >= 4 is 39.0 Å². The maximum atomic E-state index is 12.1. The molecular weight excluding hydrogens is 306 g/mol. The van der Waals surface area contributed by atoms with Gasteiger partial charge in [0.2, 0.25) is 0 Å². The lowest BCUT2D eigenvalue weighted by molar-refractivity contribution is -0.143. The normalized spacial score (nSPS) is 24.5. The molecule has 0 saturated heterocycles. The number of Topliss-reactive ketones (excluding diaryl/α,β-unsaturated/α-hetero) is 1. The zero-order valence-corrected chi connectivity index (χ0v) is 11.5. The molecule has 0 spiro atoms. The van der Waals surface area contributed by atoms with Gasteiger partial charge in [-0.15, -0.1) is 11.3 Å². The Bertz CT molecular complexity index is 438. The average molecular weight is 318 g/mol. The molecule has 1 heterocycles. The predicted molar refractivity (Wildman–Crippen MR) is 67.2 cm³/mol. The monoisotopic (exact) mass is 317 g/mol. The van der Waals surface area contributed by atoms with E-state index in [9.17, 15) is 9.59 Å². The highest BCUT2D eigenvalue weighted by Crippen LogP contribution is 2.32. The zero-order valence-electron chi connectivity index (χ0n) is 9.06. The molecule has 1 fully saturated rings. The minimum Gasteiger partial charge on any atom is -0.481 e. The third-order valence-corrected chi connectivity index (χ3v) is 4.63. The molecule has 6 heteroatoms. The Hall–Kier alpha value is -0.750. The second-order valence-corrected chi connectivity index (χ2v) is 6.63. The Morgan fingerprint density at radius 3 is 2.35 bits per heavy atom. The van der Waals surface area contributed by atoms with Gasteiger partial charge >= 0.3 is 5.97 Å². The van der Waals surface area contributed by atoms with Gasteiger partial charge in [0.25, 0.3) is 0 Å². The molecule has 0 aromatic carbocycles. The first kappa shape index (κ1) is 12.7. The van der Waals surface area contributed by atoms with Crippen LogP contribution in [0.15, 0.2) is 9.98 Å². The van der Waals surface area contributed by atoms with E-state index in [-0.39, 0.29) is 17.6 Å². The third-order valence-electron chi connectivity index (χ3n) is 3.14. The molecule has 0 unspecified atom stereocenters. The van der Waals surface area contributed by atoms with Crippen molar-refractivity contribution in [2.75, 3.05) is 0 Å². The van der Waals surface area contributed by atoms with Crippen LogP contribution in [0.4, 0.5) is 0 Å². The summed E-state index contributed by atoms with van der Waals surface area (Å²) >= 11 is 4.62. The SMILES string of the molecule is O=C(O)C1CCC(C(=O)c2ncc(Br)s2)CC1. The molecule has 92 valence electrons. The van der Waals surface area contributed by atoms with E-state index < -0.39 is 5.97 Å². The predicted octanol–water partition coefficient (Wildman–Crippen LogP) is 2.98. The number of carbonyl (C=O) groups is 2. The van der Waals surface area contributed by atoms with Crippen molar-refractivity contribution in [1.82, 2.24) is 4.98 Å². The number of halogens is 1. The molecule has 0 amide bonds. The Morgan fingerprint density at radius 1 is 1.29 bits per heavy atom. The Morgan fingerprint density at radius 2 is 1.88 bits per heavy atom. The van der Waals surface area contributed by atoms with E-state index in [4.69, 9.17) is 5.11 Å². The van der Waals surface area contributed by atoms with Crippen LogP contribution in [0.2, 0.25) is 0 Å². The molecule has 0 radical (unpaired) electrons. The van der Waals surface area contributed by atoms with E-state index in [1.54, 1.807) is 6.20 Å². The molecule has 0 atom stereocenters. The van der Waals surface area contributed by atoms with Crippen LogP contribution in [-0.2, 0) is 4.79 Å². The fraction of sp³-hybridized carbons (Fsp3) is 0.545. The highest BCUT2D eigenvalue weighted by molar-refractivity contribution is 9.11. The largest absolute Gasteiger partial charge is 0.481 e. The zero-order chi connectivity index (χ0) is 12.4. The molecule has 1 aliphatic rings. The van der Waals surface area contributed by atoms with Gasteiger partial charge in [-0.3, -0.25) is 9.59 Å². The summed E-state index contributed by atoms with van der Waals surface area (Å²) in [6.07, 6.45) is 4.14. The molecule has 1 aromatic heterocycles. The summed E-state index contributed by atoms with van der Waals surface area (Å²) in [6, 6.07) is 0. The number of carboxylic acids is 1. The summed E-state index contributed by atoms with van der Waals surface area (Å²) in [5.74, 6) is -1.01. The minimum atomic E-state index is -0.743. The Labute approximate surface area is 111 Å². The van der Waals surface area contributed by atoms with E-state index in [2.05, 4.69) is 20.9 Å². The average Bonchev–Trinajstić information content (AvgIpc) is 2.75. The molecule has 0 bridgehead atoms. The van der Waals surface area contributed by atoms with Gasteiger partial charge in [-0.05, 0) is 41.6 Å². The van der Waals surface area contributed by atoms with Gasteiger partial charge in [0.05, 0.1) is 15.9 Å². The van der Waals surface area contributed by atoms with Gasteiger partial charge in [-0.2, -0.15) is 0 Å². The number of ketones is 1. The van der Waals surface area contributed by atoms with Crippen LogP contribution < -0.4 is 0 Å². The minimum absolute atomic E-state index is 0.0522. The number of carbonyl (C=O) groups excluding carboxylic acids is 1. The highest BCUT2D eigenvalue weighted by atomic mass is 79.9. The van der Waals surface area contributed by atoms with Crippen LogP contribution in [0.5, 0.6) is 0 Å². The standard InChI is InChI=1S/C11H12BrNO3S/c12-8-5-13-10(17-8)9(14)6-1-3-7(4-2-6)11(15)16/h5-7H,1-4H2,(H,15,16). The van der Waals surface area contributed by atoms with Crippen molar-refractivity contribution < 1.29 is 14.7 Å². The number of rotatable bonds is 3. The maximum Gasteiger partial charge on any atom is 0.306 e. The first-order chi connectivity index (χ1) is 8.08. The van der Waals surface area contributed by atoms with Crippen molar-refractivity contribution in [2.45, 2.75) is 25.7 Å². The summed E-state index contributed by atoms with van der Waals surface area (Å²) in [4.78, 5) is 26.9. The molecule has 2 rings (SSSR count). The van der Waals surface area contributed by atoms with Gasteiger partial charge in [0, 0.05) is 5.92 Å². The van der Waals surface area contributed by atoms with E-state index in [0.717, 1.165) is 3.79 Å². The van der Waals surface area contributed by atoms with E-state index >= 15 is 0 Å². The third kappa shape index (κ3) is 2.93. The Balaban J connectivity index is 1.97. The molecule has 1 saturated carbocycles. The molecule has 0 aliphatic heterocycles. The van der Waals surface area contributed by atoms with Crippen molar-refractivity contribution in [3.05, 3.63) is 15.0 Å². The van der Waals surface area contributed by atoms with E-state index in [1.807, 2.05) is 0 Å². The molecule has 17 heavy (non-hydrogen) atoms. The number of aromatic nitrogens is 1. The summed E-state index contributed by atoms with van der Waals surface area (Å²) in [7, 11) is 0. The Kier molecular flexibility index (Phi) is 3.93. The second kappa shape index (κ2) is 5.27. The number of hydrogen-bond donors (Lipinski definition) is 1. The smallest absolute Gasteiger partial charge is 0.306 e. The number of carboxylic acid groups (broad SMARTS) is 1. The lowest BCUT2D eigenvalue weighted by atomic mass is 9.80. The number of hydrogen-bond acceptors (Lipinski definition) is 4. The van der Waals surface area contributed by atoms with Gasteiger partial charge in [-0.25, -0.2) is 4.98 Å². The van der Waals surface area contributed by atoms with Crippen molar-refractivity contribution in [3.8, 4) is 0 Å². The van der Waals surface area contributed by atoms with Crippen molar-refractivity contribution in [3.63, 3.8) is 0 Å². The highest BCUT2D eigenvalue weighted by Gasteiger charge is 2.31. The topological polar surface area (TPSA) is 67.3 Å². The fourth-order valence-corrected chi connectivity index (χ4v) is 3.37. The van der Waals surface area contributed by atoms with Crippen molar-refractivity contribution in [2.24, 2.45) is 11.8 Å². The fourth-order valence-electron chi connectivity index (χ4n) is 2.15. The summed E-state index contributed by atoms with van der Waals surface area (Å²) in [5, 5.41) is 9.41. The van der Waals surface area contributed by atoms with Gasteiger partial charge in [0.1, 0.15) is 0 Å². The lowest BCUT2D eigenvalue weighted by Crippen LogP contribution is -2.25. The molecular formula is C11H12BrNO3S. The van der Waals surface area contributed by atoms with Crippen LogP contribution in [0, 0.1) is 11.8 Å². The van der Waals surface area contributed by atoms with Crippen LogP contribution in [0.25, 0.3) is 0 Å². The van der Waals surface area contributed by atoms with E-state index in [0.29, 0.717) is 30.7 Å². The first-order valence-corrected chi connectivity index (χ1v) is 7.07. The van der Waals surface area contributed by atoms with Crippen LogP contribution >= 0.6 is 27.3 Å². The van der Waals surface area contributed by atoms with Gasteiger partial charge < -0.3 is 5.11 Å². The summed E-state index contributed by atoms with van der Waals surface area (Å²) in [6.45, 7) is 0. The van der Waals surface area contributed by atoms with Crippen molar-refractivity contribution in [1.29, 1.82) is 0 Å². The lowest BCUT2D eigenvalue weighted by Gasteiger charge is -2.24. The quantitative estimate of drug-likeness (QED) is 0.870. The van der Waals surface area contributed by atoms with Gasteiger partial charge in [-0.1, -0.05) is 0 Å². The molecule has 1 N–H and O–H groups in total. The first-order valence-electron chi connectivity index (χ1n) is 5.46. The maximum absolute atomic E-state index is 12.1. The molecule has 1 aliphatic carbocycles. The second-order valence-electron chi connectivity index (χ2n) is 4.22. The number of aliphatic carboxylic acids is 1. The van der Waals surface area contributed by atoms with Crippen LogP contribution in [0.1, 0.15) is 35.5 Å². The summed E-state index contributed by atoms with van der Waals surface area (Å²) < 4.78 is 0.847. The van der Waals surface area contributed by atoms with Gasteiger partial charge in [0.15, 0.2) is 10.8 Å². The van der Waals surface area contributed by atoms with Crippen LogP contribution in [0.3, 0.4) is 0 Å². The molecule has 4 nitrogen and oxygen atoms in total. The summed E-state index contributed by atoms with van der Waals surface area (Å²) in [5.41, 5.74) is 0. The van der Waals surface area contributed by atoms with E-state index in [1.165, 1.54) is 11.3 Å². The number of nitrogens with zero attached hydrogens (tertiary/aromatic N) is 1. The number of thiazole rings is 1.